The van der Waals surface area contributed by atoms with Crippen molar-refractivity contribution in [2.24, 2.45) is 0 Å². The van der Waals surface area contributed by atoms with Gasteiger partial charge in [-0.3, -0.25) is 4.79 Å². The second-order valence-corrected chi connectivity index (χ2v) is 7.65. The first-order chi connectivity index (χ1) is 12.8. The minimum absolute atomic E-state index is 0.857. The van der Waals surface area contributed by atoms with E-state index in [1.807, 2.05) is 54.6 Å². The van der Waals surface area contributed by atoms with Crippen LogP contribution in [0.1, 0.15) is 5.56 Å². The number of hydrogen-bond acceptors (Lipinski definition) is 3. The fourth-order valence-corrected chi connectivity index (χ4v) is 4.30. The van der Waals surface area contributed by atoms with Crippen LogP contribution in [-0.2, 0) is 4.79 Å². The molecule has 0 aliphatic rings. The second kappa shape index (κ2) is 9.85. The molecule has 0 saturated heterocycles. The summed E-state index contributed by atoms with van der Waals surface area (Å²) in [5, 5.41) is 0. The molecule has 0 amide bonds. The molecule has 3 aromatic rings. The van der Waals surface area contributed by atoms with Crippen LogP contribution in [-0.4, -0.2) is 6.29 Å². The van der Waals surface area contributed by atoms with Crippen LogP contribution in [0.2, 0.25) is 0 Å². The zero-order chi connectivity index (χ0) is 18.0. The lowest BCUT2D eigenvalue weighted by Gasteiger charge is -2.12. The van der Waals surface area contributed by atoms with Crippen LogP contribution in [0.5, 0.6) is 0 Å². The lowest BCUT2D eigenvalue weighted by Crippen LogP contribution is -1.86. The Morgan fingerprint density at radius 3 is 1.58 bits per heavy atom. The fourth-order valence-electron chi connectivity index (χ4n) is 2.31. The van der Waals surface area contributed by atoms with Crippen molar-refractivity contribution in [2.75, 3.05) is 0 Å². The van der Waals surface area contributed by atoms with E-state index in [1.54, 1.807) is 29.6 Å². The summed E-state index contributed by atoms with van der Waals surface area (Å²) in [6, 6.07) is 30.5. The number of aldehydes is 1. The maximum atomic E-state index is 11.3. The monoisotopic (exact) mass is 374 g/mol. The van der Waals surface area contributed by atoms with Crippen LogP contribution in [0.4, 0.5) is 0 Å². The van der Waals surface area contributed by atoms with Gasteiger partial charge in [0.15, 0.2) is 0 Å². The third-order valence-corrected chi connectivity index (χ3v) is 5.78. The van der Waals surface area contributed by atoms with Crippen molar-refractivity contribution >= 4 is 35.9 Å². The molecular formula is C23H18OS2. The van der Waals surface area contributed by atoms with Crippen molar-refractivity contribution in [3.63, 3.8) is 0 Å². The van der Waals surface area contributed by atoms with Crippen molar-refractivity contribution in [1.29, 1.82) is 0 Å². The Morgan fingerprint density at radius 1 is 0.615 bits per heavy atom. The summed E-state index contributed by atoms with van der Waals surface area (Å²) >= 11 is 3.26. The average molecular weight is 375 g/mol. The maximum absolute atomic E-state index is 11.3. The van der Waals surface area contributed by atoms with Crippen LogP contribution in [0, 0.1) is 0 Å². The Hall–Kier alpha value is -2.49. The molecule has 0 aliphatic heterocycles. The third kappa shape index (κ3) is 5.51. The van der Waals surface area contributed by atoms with Gasteiger partial charge in [-0.25, -0.2) is 0 Å². The lowest BCUT2D eigenvalue weighted by atomic mass is 10.2. The van der Waals surface area contributed by atoms with Gasteiger partial charge in [0.1, 0.15) is 6.29 Å². The average Bonchev–Trinajstić information content (AvgIpc) is 2.70. The Morgan fingerprint density at radius 2 is 1.08 bits per heavy atom. The van der Waals surface area contributed by atoms with E-state index in [0.29, 0.717) is 0 Å². The smallest absolute Gasteiger partial charge is 0.144 e. The van der Waals surface area contributed by atoms with Crippen molar-refractivity contribution < 1.29 is 4.79 Å². The van der Waals surface area contributed by atoms with Crippen molar-refractivity contribution in [3.05, 3.63) is 112 Å². The first-order valence-electron chi connectivity index (χ1n) is 8.23. The van der Waals surface area contributed by atoms with E-state index >= 15 is 0 Å². The molecular weight excluding hydrogens is 356 g/mol. The highest BCUT2D eigenvalue weighted by atomic mass is 32.2. The van der Waals surface area contributed by atoms with E-state index in [-0.39, 0.29) is 0 Å². The summed E-state index contributed by atoms with van der Waals surface area (Å²) in [4.78, 5) is 15.5. The Balaban J connectivity index is 1.97. The van der Waals surface area contributed by atoms with Crippen LogP contribution in [0.3, 0.4) is 0 Å². The molecule has 0 atom stereocenters. The normalized spacial score (nSPS) is 12.0. The number of allylic oxidation sites excluding steroid dienone is 1. The predicted molar refractivity (Wildman–Crippen MR) is 113 cm³/mol. The van der Waals surface area contributed by atoms with E-state index in [9.17, 15) is 4.79 Å². The minimum Gasteiger partial charge on any atom is -0.299 e. The summed E-state index contributed by atoms with van der Waals surface area (Å²) in [5.74, 6) is 0. The Bertz CT molecular complexity index is 885. The molecule has 0 aliphatic carbocycles. The first kappa shape index (κ1) is 18.3. The lowest BCUT2D eigenvalue weighted by molar-refractivity contribution is -0.104. The molecule has 0 heterocycles. The zero-order valence-electron chi connectivity index (χ0n) is 14.1. The third-order valence-electron chi connectivity index (χ3n) is 3.50. The summed E-state index contributed by atoms with van der Waals surface area (Å²) in [6.07, 6.45) is 4.63. The van der Waals surface area contributed by atoms with Gasteiger partial charge in [0.2, 0.25) is 0 Å². The molecule has 0 unspecified atom stereocenters. The molecule has 1 nitrogen and oxygen atoms in total. The zero-order valence-corrected chi connectivity index (χ0v) is 15.8. The van der Waals surface area contributed by atoms with Gasteiger partial charge >= 0.3 is 0 Å². The number of thioether (sulfide) groups is 2. The summed E-state index contributed by atoms with van der Waals surface area (Å²) in [7, 11) is 0. The highest BCUT2D eigenvalue weighted by molar-refractivity contribution is 8.08. The van der Waals surface area contributed by atoms with Crippen molar-refractivity contribution in [3.8, 4) is 0 Å². The van der Waals surface area contributed by atoms with Crippen LogP contribution in [0.15, 0.2) is 117 Å². The molecule has 0 spiro atoms. The molecule has 3 aromatic carbocycles. The number of benzene rings is 3. The molecule has 3 heteroatoms. The molecule has 0 bridgehead atoms. The number of hydrogen-bond donors (Lipinski definition) is 0. The number of carbonyl (C=O) groups excluding carboxylic acids is 1. The summed E-state index contributed by atoms with van der Waals surface area (Å²) < 4.78 is 0. The van der Waals surface area contributed by atoms with E-state index in [4.69, 9.17) is 0 Å². The molecule has 128 valence electrons. The van der Waals surface area contributed by atoms with E-state index in [2.05, 4.69) is 42.5 Å². The Labute approximate surface area is 162 Å². The highest BCUT2D eigenvalue weighted by Crippen LogP contribution is 2.41. The Kier molecular flexibility index (Phi) is 6.94. The van der Waals surface area contributed by atoms with Gasteiger partial charge < -0.3 is 0 Å². The highest BCUT2D eigenvalue weighted by Gasteiger charge is 2.10. The fraction of sp³-hybridized carbons (Fsp3) is 0. The standard InChI is InChI=1S/C23H18OS2/c24-17-16-22(25-20-12-6-2-7-13-20)23(18-19-10-4-1-5-11-19)26-21-14-8-3-9-15-21/h1-18H. The molecule has 0 aromatic heterocycles. The van der Waals surface area contributed by atoms with Gasteiger partial charge in [-0.2, -0.15) is 0 Å². The minimum atomic E-state index is 0.857. The van der Waals surface area contributed by atoms with Crippen molar-refractivity contribution in [1.82, 2.24) is 0 Å². The SMILES string of the molecule is O=CC=C(Sc1ccccc1)C(=Cc1ccccc1)Sc1ccccc1. The number of rotatable bonds is 7. The molecule has 0 fully saturated rings. The van der Waals surface area contributed by atoms with Gasteiger partial charge in [0.05, 0.1) is 0 Å². The van der Waals surface area contributed by atoms with Crippen LogP contribution >= 0.6 is 23.5 Å². The van der Waals surface area contributed by atoms with Crippen molar-refractivity contribution in [2.45, 2.75) is 9.79 Å². The van der Waals surface area contributed by atoms with Gasteiger partial charge in [0, 0.05) is 19.6 Å². The van der Waals surface area contributed by atoms with Gasteiger partial charge in [0.25, 0.3) is 0 Å². The maximum Gasteiger partial charge on any atom is 0.144 e. The van der Waals surface area contributed by atoms with Crippen LogP contribution in [0.25, 0.3) is 6.08 Å². The van der Waals surface area contributed by atoms with Crippen LogP contribution < -0.4 is 0 Å². The van der Waals surface area contributed by atoms with E-state index in [1.165, 1.54) is 0 Å². The quantitative estimate of drug-likeness (QED) is 0.198. The van der Waals surface area contributed by atoms with E-state index < -0.39 is 0 Å². The molecule has 0 saturated carbocycles. The summed E-state index contributed by atoms with van der Waals surface area (Å²) in [5.41, 5.74) is 1.11. The predicted octanol–water partition coefficient (Wildman–Crippen LogP) is 6.69. The molecule has 3 rings (SSSR count). The summed E-state index contributed by atoms with van der Waals surface area (Å²) in [6.45, 7) is 0. The van der Waals surface area contributed by atoms with E-state index in [0.717, 1.165) is 31.5 Å². The largest absolute Gasteiger partial charge is 0.299 e. The molecule has 0 radical (unpaired) electrons. The number of carbonyl (C=O) groups is 1. The molecule has 26 heavy (non-hydrogen) atoms. The second-order valence-electron chi connectivity index (χ2n) is 5.42. The van der Waals surface area contributed by atoms with Gasteiger partial charge in [-0.1, -0.05) is 90.3 Å². The van der Waals surface area contributed by atoms with Gasteiger partial charge in [-0.15, -0.1) is 0 Å². The topological polar surface area (TPSA) is 17.1 Å². The molecule has 0 N–H and O–H groups in total. The first-order valence-corrected chi connectivity index (χ1v) is 9.87. The van der Waals surface area contributed by atoms with Gasteiger partial charge in [-0.05, 0) is 42.0 Å².